The fourth-order valence-corrected chi connectivity index (χ4v) is 1.44. The Balaban J connectivity index is 2.47. The molecular weight excluding hydrogens is 154 g/mol. The Hall–Kier alpha value is -1.06. The molecule has 1 heterocycles. The third-order valence-electron chi connectivity index (χ3n) is 2.08. The number of phenols is 1. The van der Waals surface area contributed by atoms with Crippen molar-refractivity contribution in [3.8, 4) is 5.75 Å². The Morgan fingerprint density at radius 1 is 1.50 bits per heavy atom. The van der Waals surface area contributed by atoms with Crippen molar-refractivity contribution in [2.75, 3.05) is 6.61 Å². The van der Waals surface area contributed by atoms with Crippen molar-refractivity contribution in [1.29, 1.82) is 0 Å². The van der Waals surface area contributed by atoms with Crippen molar-refractivity contribution in [3.05, 3.63) is 29.3 Å². The molecule has 0 saturated heterocycles. The highest BCUT2D eigenvalue weighted by Crippen LogP contribution is 2.26. The van der Waals surface area contributed by atoms with Crippen LogP contribution in [0.15, 0.2) is 18.2 Å². The molecule has 1 aliphatic rings. The van der Waals surface area contributed by atoms with Gasteiger partial charge in [0.25, 0.3) is 0 Å². The van der Waals surface area contributed by atoms with Crippen LogP contribution >= 0.6 is 0 Å². The van der Waals surface area contributed by atoms with Crippen LogP contribution in [0.3, 0.4) is 0 Å². The topological polar surface area (TPSA) is 55.5 Å². The lowest BCUT2D eigenvalue weighted by Gasteiger charge is -2.22. The summed E-state index contributed by atoms with van der Waals surface area (Å²) >= 11 is 0. The zero-order valence-corrected chi connectivity index (χ0v) is 6.66. The molecule has 0 unspecified atom stereocenters. The van der Waals surface area contributed by atoms with Gasteiger partial charge < -0.3 is 15.6 Å². The molecule has 0 aromatic heterocycles. The quantitative estimate of drug-likeness (QED) is 0.601. The Kier molecular flexibility index (Phi) is 1.75. The van der Waals surface area contributed by atoms with Crippen molar-refractivity contribution in [2.24, 2.45) is 5.73 Å². The molecule has 1 atom stereocenters. The van der Waals surface area contributed by atoms with E-state index in [1.807, 2.05) is 6.07 Å². The smallest absolute Gasteiger partial charge is 0.115 e. The highest BCUT2D eigenvalue weighted by Gasteiger charge is 2.16. The zero-order chi connectivity index (χ0) is 8.55. The van der Waals surface area contributed by atoms with E-state index in [0.29, 0.717) is 13.2 Å². The number of benzene rings is 1. The molecule has 0 radical (unpaired) electrons. The lowest BCUT2D eigenvalue weighted by molar-refractivity contribution is 0.0922. The molecule has 1 aliphatic heterocycles. The number of nitrogens with two attached hydrogens (primary N) is 1. The van der Waals surface area contributed by atoms with Crippen LogP contribution in [0.1, 0.15) is 17.2 Å². The summed E-state index contributed by atoms with van der Waals surface area (Å²) in [6.45, 7) is 1.14. The third-order valence-corrected chi connectivity index (χ3v) is 2.08. The second kappa shape index (κ2) is 2.77. The summed E-state index contributed by atoms with van der Waals surface area (Å²) in [5.74, 6) is 0.270. The van der Waals surface area contributed by atoms with E-state index in [2.05, 4.69) is 0 Å². The van der Waals surface area contributed by atoms with Crippen molar-refractivity contribution >= 4 is 0 Å². The van der Waals surface area contributed by atoms with Gasteiger partial charge in [-0.3, -0.25) is 0 Å². The van der Waals surface area contributed by atoms with Gasteiger partial charge in [-0.15, -0.1) is 0 Å². The SMILES string of the molecule is N[C@H]1COCc2ccc(O)cc21. The van der Waals surface area contributed by atoms with E-state index in [-0.39, 0.29) is 11.8 Å². The molecule has 1 aromatic rings. The molecular formula is C9H11NO2. The third kappa shape index (κ3) is 1.17. The maximum atomic E-state index is 9.21. The largest absolute Gasteiger partial charge is 0.508 e. The Bertz CT molecular complexity index is 299. The average molecular weight is 165 g/mol. The summed E-state index contributed by atoms with van der Waals surface area (Å²) in [5.41, 5.74) is 7.86. The molecule has 0 spiro atoms. The fraction of sp³-hybridized carbons (Fsp3) is 0.333. The van der Waals surface area contributed by atoms with Gasteiger partial charge >= 0.3 is 0 Å². The lowest BCUT2D eigenvalue weighted by atomic mass is 9.99. The fourth-order valence-electron chi connectivity index (χ4n) is 1.44. The molecule has 2 rings (SSSR count). The van der Waals surface area contributed by atoms with Gasteiger partial charge in [-0.25, -0.2) is 0 Å². The summed E-state index contributed by atoms with van der Waals surface area (Å²) < 4.78 is 5.24. The first-order valence-electron chi connectivity index (χ1n) is 3.92. The van der Waals surface area contributed by atoms with E-state index in [4.69, 9.17) is 10.5 Å². The highest BCUT2D eigenvalue weighted by atomic mass is 16.5. The second-order valence-corrected chi connectivity index (χ2v) is 3.00. The molecule has 0 amide bonds. The number of fused-ring (bicyclic) bond motifs is 1. The zero-order valence-electron chi connectivity index (χ0n) is 6.66. The van der Waals surface area contributed by atoms with Gasteiger partial charge in [-0.2, -0.15) is 0 Å². The van der Waals surface area contributed by atoms with Crippen molar-refractivity contribution in [1.82, 2.24) is 0 Å². The highest BCUT2D eigenvalue weighted by molar-refractivity contribution is 5.37. The summed E-state index contributed by atoms with van der Waals surface area (Å²) in [4.78, 5) is 0. The molecule has 12 heavy (non-hydrogen) atoms. The van der Waals surface area contributed by atoms with Crippen LogP contribution in [-0.4, -0.2) is 11.7 Å². The van der Waals surface area contributed by atoms with E-state index in [9.17, 15) is 5.11 Å². The predicted octanol–water partition coefficient (Wildman–Crippen LogP) is 0.922. The van der Waals surface area contributed by atoms with E-state index in [1.165, 1.54) is 0 Å². The summed E-state index contributed by atoms with van der Waals surface area (Å²) in [7, 11) is 0. The Morgan fingerprint density at radius 3 is 3.17 bits per heavy atom. The molecule has 0 fully saturated rings. The van der Waals surface area contributed by atoms with Crippen LogP contribution in [-0.2, 0) is 11.3 Å². The molecule has 3 N–H and O–H groups in total. The minimum absolute atomic E-state index is 0.0964. The van der Waals surface area contributed by atoms with Crippen molar-refractivity contribution in [2.45, 2.75) is 12.6 Å². The van der Waals surface area contributed by atoms with Gasteiger partial charge in [0.2, 0.25) is 0 Å². The number of hydrogen-bond donors (Lipinski definition) is 2. The van der Waals surface area contributed by atoms with Gasteiger partial charge in [0.05, 0.1) is 19.3 Å². The van der Waals surface area contributed by atoms with Gasteiger partial charge in [0.1, 0.15) is 5.75 Å². The molecule has 0 bridgehead atoms. The number of phenolic OH excluding ortho intramolecular Hbond substituents is 1. The Labute approximate surface area is 70.8 Å². The van der Waals surface area contributed by atoms with Gasteiger partial charge in [-0.05, 0) is 23.3 Å². The number of rotatable bonds is 0. The normalized spacial score (nSPS) is 21.9. The standard InChI is InChI=1S/C9H11NO2/c10-9-5-12-4-6-1-2-7(11)3-8(6)9/h1-3,9,11H,4-5,10H2/t9-/m0/s1. The number of hydrogen-bond acceptors (Lipinski definition) is 3. The van der Waals surface area contributed by atoms with Crippen LogP contribution < -0.4 is 5.73 Å². The van der Waals surface area contributed by atoms with Crippen LogP contribution in [0.2, 0.25) is 0 Å². The maximum Gasteiger partial charge on any atom is 0.115 e. The molecule has 3 nitrogen and oxygen atoms in total. The second-order valence-electron chi connectivity index (χ2n) is 3.00. The average Bonchev–Trinajstić information content (AvgIpc) is 2.07. The van der Waals surface area contributed by atoms with Gasteiger partial charge in [-0.1, -0.05) is 6.07 Å². The first kappa shape index (κ1) is 7.58. The van der Waals surface area contributed by atoms with Crippen LogP contribution in [0, 0.1) is 0 Å². The predicted molar refractivity (Wildman–Crippen MR) is 44.7 cm³/mol. The Morgan fingerprint density at radius 2 is 2.33 bits per heavy atom. The molecule has 0 aliphatic carbocycles. The first-order chi connectivity index (χ1) is 5.77. The minimum Gasteiger partial charge on any atom is -0.508 e. The molecule has 64 valence electrons. The minimum atomic E-state index is -0.0964. The van der Waals surface area contributed by atoms with E-state index < -0.39 is 0 Å². The van der Waals surface area contributed by atoms with Gasteiger partial charge in [0.15, 0.2) is 0 Å². The number of aromatic hydroxyl groups is 1. The maximum absolute atomic E-state index is 9.21. The summed E-state index contributed by atoms with van der Waals surface area (Å²) in [6.07, 6.45) is 0. The molecule has 1 aromatic carbocycles. The molecule has 0 saturated carbocycles. The van der Waals surface area contributed by atoms with E-state index in [1.54, 1.807) is 12.1 Å². The summed E-state index contributed by atoms with van der Waals surface area (Å²) in [5, 5.41) is 9.21. The van der Waals surface area contributed by atoms with E-state index in [0.717, 1.165) is 11.1 Å². The van der Waals surface area contributed by atoms with Crippen LogP contribution in [0.5, 0.6) is 5.75 Å². The van der Waals surface area contributed by atoms with Crippen molar-refractivity contribution in [3.63, 3.8) is 0 Å². The monoisotopic (exact) mass is 165 g/mol. The van der Waals surface area contributed by atoms with Crippen molar-refractivity contribution < 1.29 is 9.84 Å². The van der Waals surface area contributed by atoms with Crippen LogP contribution in [0.25, 0.3) is 0 Å². The van der Waals surface area contributed by atoms with E-state index >= 15 is 0 Å². The summed E-state index contributed by atoms with van der Waals surface area (Å²) in [6, 6.07) is 5.12. The lowest BCUT2D eigenvalue weighted by Crippen LogP contribution is -2.23. The van der Waals surface area contributed by atoms with Crippen LogP contribution in [0.4, 0.5) is 0 Å². The van der Waals surface area contributed by atoms with Gasteiger partial charge in [0, 0.05) is 0 Å². The molecule has 3 heteroatoms. The number of ether oxygens (including phenoxy) is 1. The first-order valence-corrected chi connectivity index (χ1v) is 3.92.